The van der Waals surface area contributed by atoms with E-state index in [1.807, 2.05) is 23.1 Å². The lowest BCUT2D eigenvalue weighted by molar-refractivity contribution is -0.192. The summed E-state index contributed by atoms with van der Waals surface area (Å²) in [4.78, 5) is 46.7. The number of hydrogen-bond acceptors (Lipinski definition) is 5. The van der Waals surface area contributed by atoms with Gasteiger partial charge in [-0.15, -0.1) is 0 Å². The Kier molecular flexibility index (Phi) is 7.29. The van der Waals surface area contributed by atoms with Crippen molar-refractivity contribution in [1.29, 1.82) is 0 Å². The zero-order valence-corrected chi connectivity index (χ0v) is 17.7. The van der Waals surface area contributed by atoms with Crippen molar-refractivity contribution in [1.82, 2.24) is 19.8 Å². The van der Waals surface area contributed by atoms with Crippen molar-refractivity contribution in [2.75, 3.05) is 19.6 Å². The molecule has 11 heteroatoms. The van der Waals surface area contributed by atoms with Crippen LogP contribution in [0.25, 0.3) is 0 Å². The van der Waals surface area contributed by atoms with E-state index in [-0.39, 0.29) is 11.8 Å². The van der Waals surface area contributed by atoms with Gasteiger partial charge >= 0.3 is 12.1 Å². The van der Waals surface area contributed by atoms with Crippen LogP contribution in [0.3, 0.4) is 0 Å². The molecular weight excluding hydrogens is 441 g/mol. The van der Waals surface area contributed by atoms with Gasteiger partial charge in [0.25, 0.3) is 5.91 Å². The number of carboxylic acid groups (broad SMARTS) is 1. The number of likely N-dealkylation sites (tertiary alicyclic amines) is 2. The third-order valence-electron chi connectivity index (χ3n) is 5.71. The normalized spacial score (nSPS) is 20.4. The smallest absolute Gasteiger partial charge is 0.475 e. The summed E-state index contributed by atoms with van der Waals surface area (Å²) in [6, 6.07) is 9.23. The molecule has 0 bridgehead atoms. The number of piperidine rings is 1. The van der Waals surface area contributed by atoms with E-state index in [0.717, 1.165) is 31.4 Å². The largest absolute Gasteiger partial charge is 0.490 e. The lowest BCUT2D eigenvalue weighted by Crippen LogP contribution is -2.49. The van der Waals surface area contributed by atoms with Crippen LogP contribution in [0, 0.1) is 5.41 Å². The Morgan fingerprint density at radius 1 is 1.06 bits per heavy atom. The van der Waals surface area contributed by atoms with Crippen LogP contribution in [0.15, 0.2) is 48.9 Å². The van der Waals surface area contributed by atoms with E-state index < -0.39 is 17.6 Å². The number of rotatable bonds is 3. The second kappa shape index (κ2) is 9.97. The van der Waals surface area contributed by atoms with E-state index in [4.69, 9.17) is 9.90 Å². The molecule has 33 heavy (non-hydrogen) atoms. The van der Waals surface area contributed by atoms with Gasteiger partial charge in [0.1, 0.15) is 5.69 Å². The van der Waals surface area contributed by atoms with Crippen molar-refractivity contribution in [3.05, 3.63) is 60.2 Å². The number of pyridine rings is 2. The Labute approximate surface area is 188 Å². The fourth-order valence-electron chi connectivity index (χ4n) is 4.09. The molecule has 2 saturated heterocycles. The number of hydrogen-bond donors (Lipinski definition) is 1. The van der Waals surface area contributed by atoms with E-state index in [2.05, 4.69) is 9.97 Å². The topological polar surface area (TPSA) is 104 Å². The number of aliphatic carboxylic acids is 1. The molecule has 4 rings (SSSR count). The average Bonchev–Trinajstić information content (AvgIpc) is 3.09. The van der Waals surface area contributed by atoms with Gasteiger partial charge in [0, 0.05) is 44.8 Å². The molecule has 2 aliphatic rings. The number of amides is 2. The van der Waals surface area contributed by atoms with E-state index in [1.165, 1.54) is 0 Å². The molecule has 2 fully saturated rings. The van der Waals surface area contributed by atoms with E-state index >= 15 is 0 Å². The fraction of sp³-hybridized carbons (Fsp3) is 0.409. The van der Waals surface area contributed by atoms with Crippen LogP contribution < -0.4 is 0 Å². The van der Waals surface area contributed by atoms with Gasteiger partial charge in [-0.05, 0) is 49.1 Å². The molecule has 0 radical (unpaired) electrons. The van der Waals surface area contributed by atoms with Crippen molar-refractivity contribution in [3.63, 3.8) is 0 Å². The molecule has 1 N–H and O–H groups in total. The number of carboxylic acids is 1. The van der Waals surface area contributed by atoms with E-state index in [1.54, 1.807) is 35.6 Å². The van der Waals surface area contributed by atoms with Crippen LogP contribution in [-0.4, -0.2) is 68.5 Å². The first-order chi connectivity index (χ1) is 15.6. The average molecular weight is 464 g/mol. The molecule has 1 spiro atoms. The summed E-state index contributed by atoms with van der Waals surface area (Å²) in [6.07, 6.45) is 2.56. The zero-order chi connectivity index (χ0) is 24.1. The minimum atomic E-state index is -5.08. The molecule has 1 unspecified atom stereocenters. The Bertz CT molecular complexity index is 988. The summed E-state index contributed by atoms with van der Waals surface area (Å²) in [5.74, 6) is -2.66. The lowest BCUT2D eigenvalue weighted by atomic mass is 9.78. The van der Waals surface area contributed by atoms with Crippen molar-refractivity contribution < 1.29 is 32.7 Å². The third kappa shape index (κ3) is 5.85. The molecule has 176 valence electrons. The van der Waals surface area contributed by atoms with Crippen molar-refractivity contribution in [2.45, 2.75) is 32.0 Å². The van der Waals surface area contributed by atoms with Crippen molar-refractivity contribution in [3.8, 4) is 0 Å². The summed E-state index contributed by atoms with van der Waals surface area (Å²) in [6.45, 7) is 2.53. The van der Waals surface area contributed by atoms with Gasteiger partial charge in [-0.2, -0.15) is 13.2 Å². The Balaban J connectivity index is 0.000000383. The summed E-state index contributed by atoms with van der Waals surface area (Å²) >= 11 is 0. The summed E-state index contributed by atoms with van der Waals surface area (Å²) in [5.41, 5.74) is 1.10. The number of carbonyl (C=O) groups excluding carboxylic acids is 2. The molecule has 8 nitrogen and oxygen atoms in total. The predicted octanol–water partition coefficient (Wildman–Crippen LogP) is 2.76. The first-order valence-corrected chi connectivity index (χ1v) is 10.3. The summed E-state index contributed by atoms with van der Waals surface area (Å²) < 4.78 is 31.7. The standard InChI is InChI=1S/C20H22N4O2.C2HF3O2/c25-18(17-4-1-2-9-22-17)24-12-3-7-20(15-24)8-13-23(19(20)26)14-16-5-10-21-11-6-16;3-2(4,5)1(6)7/h1-2,4-6,9-11H,3,7-8,12-15H2;(H,6,7). The maximum Gasteiger partial charge on any atom is 0.490 e. The molecule has 1 atom stereocenters. The van der Waals surface area contributed by atoms with Crippen LogP contribution in [0.2, 0.25) is 0 Å². The first kappa shape index (κ1) is 24.1. The monoisotopic (exact) mass is 464 g/mol. The Hall–Kier alpha value is -3.50. The highest BCUT2D eigenvalue weighted by molar-refractivity contribution is 5.93. The van der Waals surface area contributed by atoms with Crippen LogP contribution in [0.4, 0.5) is 13.2 Å². The van der Waals surface area contributed by atoms with Gasteiger partial charge in [0.2, 0.25) is 5.91 Å². The molecule has 2 aromatic rings. The van der Waals surface area contributed by atoms with E-state index in [9.17, 15) is 22.8 Å². The maximum absolute atomic E-state index is 13.1. The minimum absolute atomic E-state index is 0.0786. The van der Waals surface area contributed by atoms with Gasteiger partial charge in [0.15, 0.2) is 0 Å². The Morgan fingerprint density at radius 3 is 2.36 bits per heavy atom. The second-order valence-corrected chi connectivity index (χ2v) is 7.96. The molecule has 2 aliphatic heterocycles. The molecular formula is C22H23F3N4O4. The highest BCUT2D eigenvalue weighted by Gasteiger charge is 2.49. The highest BCUT2D eigenvalue weighted by Crippen LogP contribution is 2.41. The van der Waals surface area contributed by atoms with Gasteiger partial charge in [-0.25, -0.2) is 4.79 Å². The number of alkyl halides is 3. The fourth-order valence-corrected chi connectivity index (χ4v) is 4.09. The third-order valence-corrected chi connectivity index (χ3v) is 5.71. The molecule has 4 heterocycles. The van der Waals surface area contributed by atoms with Gasteiger partial charge in [-0.1, -0.05) is 6.07 Å². The summed E-state index contributed by atoms with van der Waals surface area (Å²) in [7, 11) is 0. The minimum Gasteiger partial charge on any atom is -0.475 e. The molecule has 0 aliphatic carbocycles. The summed E-state index contributed by atoms with van der Waals surface area (Å²) in [5, 5.41) is 7.12. The number of halogens is 3. The molecule has 2 amide bonds. The van der Waals surface area contributed by atoms with Crippen LogP contribution in [-0.2, 0) is 16.1 Å². The predicted molar refractivity (Wildman–Crippen MR) is 110 cm³/mol. The zero-order valence-electron chi connectivity index (χ0n) is 17.7. The first-order valence-electron chi connectivity index (χ1n) is 10.3. The lowest BCUT2D eigenvalue weighted by Gasteiger charge is -2.38. The molecule has 0 aromatic carbocycles. The Morgan fingerprint density at radius 2 is 1.76 bits per heavy atom. The van der Waals surface area contributed by atoms with Crippen LogP contribution in [0.5, 0.6) is 0 Å². The van der Waals surface area contributed by atoms with Crippen LogP contribution in [0.1, 0.15) is 35.3 Å². The van der Waals surface area contributed by atoms with Crippen LogP contribution >= 0.6 is 0 Å². The molecule has 2 aromatic heterocycles. The van der Waals surface area contributed by atoms with Gasteiger partial charge < -0.3 is 14.9 Å². The molecule has 0 saturated carbocycles. The van der Waals surface area contributed by atoms with Crippen molar-refractivity contribution in [2.24, 2.45) is 5.41 Å². The quantitative estimate of drug-likeness (QED) is 0.749. The number of nitrogens with zero attached hydrogens (tertiary/aromatic N) is 4. The van der Waals surface area contributed by atoms with Gasteiger partial charge in [0.05, 0.1) is 5.41 Å². The second-order valence-electron chi connectivity index (χ2n) is 7.96. The van der Waals surface area contributed by atoms with E-state index in [0.29, 0.717) is 25.3 Å². The highest BCUT2D eigenvalue weighted by atomic mass is 19.4. The SMILES string of the molecule is O=C(O)C(F)(F)F.O=C(c1ccccn1)N1CCCC2(CCN(Cc3ccncc3)C2=O)C1. The van der Waals surface area contributed by atoms with Crippen molar-refractivity contribution >= 4 is 17.8 Å². The maximum atomic E-state index is 13.1. The number of aromatic nitrogens is 2. The van der Waals surface area contributed by atoms with Gasteiger partial charge in [-0.3, -0.25) is 19.6 Å². The number of carbonyl (C=O) groups is 3.